The summed E-state index contributed by atoms with van der Waals surface area (Å²) in [5, 5.41) is 0. The second kappa shape index (κ2) is 16.5. The number of hydrogen-bond donors (Lipinski definition) is 0. The molecule has 0 atom stereocenters. The van der Waals surface area contributed by atoms with Gasteiger partial charge in [-0.2, -0.15) is 0 Å². The minimum Gasteiger partial charge on any atom is -0.208 e. The fraction of sp³-hybridized carbons (Fsp3) is 0. The van der Waals surface area contributed by atoms with Gasteiger partial charge in [0, 0.05) is 16.7 Å². The van der Waals surface area contributed by atoms with Gasteiger partial charge < -0.3 is 0 Å². The van der Waals surface area contributed by atoms with Gasteiger partial charge in [0.25, 0.3) is 0 Å². The summed E-state index contributed by atoms with van der Waals surface area (Å²) >= 11 is 0. The summed E-state index contributed by atoms with van der Waals surface area (Å²) in [6.45, 7) is 0. The summed E-state index contributed by atoms with van der Waals surface area (Å²) in [6, 6.07) is 83.0. The average Bonchev–Trinajstić information content (AvgIpc) is 3.35. The topological polar surface area (TPSA) is 38.7 Å². The van der Waals surface area contributed by atoms with Crippen LogP contribution in [0.15, 0.2) is 237 Å². The smallest absolute Gasteiger partial charge is 0.164 e. The lowest BCUT2D eigenvalue weighted by Gasteiger charge is -2.14. The normalized spacial score (nSPS) is 11.0. The number of hydrogen-bond acceptors (Lipinski definition) is 3. The monoisotopic (exact) mass is 765 g/mol. The van der Waals surface area contributed by atoms with Crippen molar-refractivity contribution >= 4 is 0 Å². The van der Waals surface area contributed by atoms with E-state index in [1.54, 1.807) is 0 Å². The quantitative estimate of drug-likeness (QED) is 0.147. The molecule has 282 valence electrons. The van der Waals surface area contributed by atoms with Gasteiger partial charge >= 0.3 is 0 Å². The third-order valence-electron chi connectivity index (χ3n) is 11.0. The lowest BCUT2D eigenvalue weighted by Crippen LogP contribution is -2.01. The van der Waals surface area contributed by atoms with Crippen LogP contribution in [0, 0.1) is 0 Å². The van der Waals surface area contributed by atoms with E-state index >= 15 is 0 Å². The van der Waals surface area contributed by atoms with Crippen molar-refractivity contribution in [1.82, 2.24) is 15.0 Å². The van der Waals surface area contributed by atoms with E-state index in [-0.39, 0.29) is 0 Å². The molecule has 9 aromatic carbocycles. The Labute approximate surface area is 351 Å². The fourth-order valence-electron chi connectivity index (χ4n) is 7.95. The minimum absolute atomic E-state index is 0.610. The molecule has 0 unspecified atom stereocenters. The van der Waals surface area contributed by atoms with Gasteiger partial charge in [0.05, 0.1) is 0 Å². The maximum Gasteiger partial charge on any atom is 0.164 e. The molecule has 0 radical (unpaired) electrons. The number of nitrogens with zero attached hydrogens (tertiary/aromatic N) is 3. The molecular weight excluding hydrogens is 727 g/mol. The van der Waals surface area contributed by atoms with Crippen molar-refractivity contribution in [3.63, 3.8) is 0 Å². The van der Waals surface area contributed by atoms with Crippen LogP contribution in [0.25, 0.3) is 101 Å². The Hall–Kier alpha value is -8.01. The minimum atomic E-state index is 0.610. The Morgan fingerprint density at radius 1 is 0.167 bits per heavy atom. The molecule has 0 spiro atoms. The molecule has 0 N–H and O–H groups in total. The Morgan fingerprint density at radius 3 is 0.917 bits per heavy atom. The first kappa shape index (κ1) is 36.3. The fourth-order valence-corrected chi connectivity index (χ4v) is 7.95. The van der Waals surface area contributed by atoms with E-state index in [1.807, 2.05) is 12.1 Å². The summed E-state index contributed by atoms with van der Waals surface area (Å²) in [5.74, 6) is 1.83. The van der Waals surface area contributed by atoms with Gasteiger partial charge in [0.2, 0.25) is 0 Å². The van der Waals surface area contributed by atoms with Crippen LogP contribution in [0.2, 0.25) is 0 Å². The molecule has 1 heterocycles. The van der Waals surface area contributed by atoms with Crippen LogP contribution in [-0.2, 0) is 0 Å². The van der Waals surface area contributed by atoms with Crippen molar-refractivity contribution < 1.29 is 0 Å². The van der Waals surface area contributed by atoms with Crippen molar-refractivity contribution in [3.05, 3.63) is 237 Å². The standard InChI is InChI=1S/C57H39N3/c1-5-18-40(19-6-1)48-37-49(41-20-7-2-8-21-41)39-50(38-48)57-59-55(45-34-32-44(33-35-45)53-30-14-13-28-51(53)42-22-9-3-10-23-42)58-56(60-57)47-27-17-26-46(36-47)54-31-16-15-29-52(54)43-24-11-4-12-25-43/h1-39H. The molecule has 0 aliphatic heterocycles. The molecule has 0 aliphatic rings. The van der Waals surface area contributed by atoms with E-state index < -0.39 is 0 Å². The molecule has 0 saturated carbocycles. The molecule has 3 heteroatoms. The van der Waals surface area contributed by atoms with E-state index in [2.05, 4.69) is 224 Å². The van der Waals surface area contributed by atoms with Gasteiger partial charge in [-0.15, -0.1) is 0 Å². The predicted octanol–water partition coefficient (Wildman–Crippen LogP) is 14.9. The Balaban J connectivity index is 1.13. The van der Waals surface area contributed by atoms with Gasteiger partial charge in [0.1, 0.15) is 0 Å². The first-order chi connectivity index (χ1) is 29.7. The number of benzene rings is 9. The van der Waals surface area contributed by atoms with E-state index in [9.17, 15) is 0 Å². The molecule has 0 bridgehead atoms. The molecule has 10 aromatic rings. The van der Waals surface area contributed by atoms with Crippen molar-refractivity contribution in [2.24, 2.45) is 0 Å². The molecule has 3 nitrogen and oxygen atoms in total. The zero-order valence-corrected chi connectivity index (χ0v) is 32.9. The Morgan fingerprint density at radius 2 is 0.450 bits per heavy atom. The van der Waals surface area contributed by atoms with Crippen molar-refractivity contribution in [1.29, 1.82) is 0 Å². The van der Waals surface area contributed by atoms with E-state index in [1.165, 1.54) is 27.8 Å². The molecule has 0 saturated heterocycles. The van der Waals surface area contributed by atoms with Gasteiger partial charge in [-0.1, -0.05) is 212 Å². The SMILES string of the molecule is c1ccc(-c2cc(-c3ccccc3)cc(-c3nc(-c4ccc(-c5ccccc5-c5ccccc5)cc4)nc(-c4cccc(-c5ccccc5-c5ccccc5)c4)n3)c2)cc1. The summed E-state index contributed by atoms with van der Waals surface area (Å²) < 4.78 is 0. The summed E-state index contributed by atoms with van der Waals surface area (Å²) in [5.41, 5.74) is 16.4. The average molecular weight is 766 g/mol. The van der Waals surface area contributed by atoms with Crippen molar-refractivity contribution in [3.8, 4) is 101 Å². The molecule has 0 amide bonds. The van der Waals surface area contributed by atoms with Crippen LogP contribution in [0.1, 0.15) is 0 Å². The van der Waals surface area contributed by atoms with Gasteiger partial charge in [-0.3, -0.25) is 0 Å². The van der Waals surface area contributed by atoms with Crippen LogP contribution in [-0.4, -0.2) is 15.0 Å². The van der Waals surface area contributed by atoms with Gasteiger partial charge in [0.15, 0.2) is 17.5 Å². The molecule has 0 fully saturated rings. The second-order valence-electron chi connectivity index (χ2n) is 14.8. The Kier molecular flexibility index (Phi) is 9.97. The maximum absolute atomic E-state index is 5.27. The number of rotatable bonds is 9. The summed E-state index contributed by atoms with van der Waals surface area (Å²) in [7, 11) is 0. The molecule has 10 rings (SSSR count). The predicted molar refractivity (Wildman–Crippen MR) is 249 cm³/mol. The highest BCUT2D eigenvalue weighted by Crippen LogP contribution is 2.37. The lowest BCUT2D eigenvalue weighted by atomic mass is 9.93. The first-order valence-corrected chi connectivity index (χ1v) is 20.3. The van der Waals surface area contributed by atoms with Crippen molar-refractivity contribution in [2.45, 2.75) is 0 Å². The van der Waals surface area contributed by atoms with Crippen LogP contribution >= 0.6 is 0 Å². The van der Waals surface area contributed by atoms with Crippen LogP contribution in [0.3, 0.4) is 0 Å². The zero-order chi connectivity index (χ0) is 40.1. The molecule has 1 aromatic heterocycles. The van der Waals surface area contributed by atoms with Crippen LogP contribution in [0.4, 0.5) is 0 Å². The lowest BCUT2D eigenvalue weighted by molar-refractivity contribution is 1.07. The second-order valence-corrected chi connectivity index (χ2v) is 14.8. The summed E-state index contributed by atoms with van der Waals surface area (Å²) in [6.07, 6.45) is 0. The van der Waals surface area contributed by atoms with E-state index in [0.29, 0.717) is 17.5 Å². The van der Waals surface area contributed by atoms with Gasteiger partial charge in [-0.05, 0) is 91.0 Å². The largest absolute Gasteiger partial charge is 0.208 e. The third-order valence-corrected chi connectivity index (χ3v) is 11.0. The first-order valence-electron chi connectivity index (χ1n) is 20.3. The number of aromatic nitrogens is 3. The van der Waals surface area contributed by atoms with E-state index in [4.69, 9.17) is 15.0 Å². The van der Waals surface area contributed by atoms with Crippen LogP contribution < -0.4 is 0 Å². The highest BCUT2D eigenvalue weighted by atomic mass is 15.0. The molecule has 0 aliphatic carbocycles. The highest BCUT2D eigenvalue weighted by molar-refractivity contribution is 5.87. The molecule has 60 heavy (non-hydrogen) atoms. The Bertz CT molecular complexity index is 2990. The highest BCUT2D eigenvalue weighted by Gasteiger charge is 2.17. The maximum atomic E-state index is 5.27. The zero-order valence-electron chi connectivity index (χ0n) is 32.9. The van der Waals surface area contributed by atoms with Crippen molar-refractivity contribution in [2.75, 3.05) is 0 Å². The summed E-state index contributed by atoms with van der Waals surface area (Å²) in [4.78, 5) is 15.7. The third kappa shape index (κ3) is 7.56. The molecular formula is C57H39N3. The van der Waals surface area contributed by atoms with Gasteiger partial charge in [-0.25, -0.2) is 15.0 Å². The van der Waals surface area contributed by atoms with E-state index in [0.717, 1.165) is 55.6 Å². The van der Waals surface area contributed by atoms with Crippen LogP contribution in [0.5, 0.6) is 0 Å².